The summed E-state index contributed by atoms with van der Waals surface area (Å²) < 4.78 is 0. The average molecular weight is 380 g/mol. The van der Waals surface area contributed by atoms with E-state index < -0.39 is 17.0 Å². The summed E-state index contributed by atoms with van der Waals surface area (Å²) in [6, 6.07) is 13.6. The van der Waals surface area contributed by atoms with Gasteiger partial charge in [0.05, 0.1) is 9.95 Å². The van der Waals surface area contributed by atoms with Crippen LogP contribution in [0.25, 0.3) is 0 Å². The Morgan fingerprint density at radius 3 is 2.44 bits per heavy atom. The van der Waals surface area contributed by atoms with Gasteiger partial charge in [0.1, 0.15) is 17.8 Å². The Bertz CT molecular complexity index is 1010. The molecule has 2 aromatic carbocycles. The highest BCUT2D eigenvalue weighted by Crippen LogP contribution is 2.37. The van der Waals surface area contributed by atoms with E-state index in [2.05, 4.69) is 17.9 Å². The number of carbonyl (C=O) groups is 1. The third kappa shape index (κ3) is 3.37. The molecule has 3 rings (SSSR count). The first-order valence-corrected chi connectivity index (χ1v) is 8.53. The molecule has 136 valence electrons. The molecule has 0 aromatic heterocycles. The van der Waals surface area contributed by atoms with Gasteiger partial charge in [0.15, 0.2) is 0 Å². The van der Waals surface area contributed by atoms with Crippen LogP contribution in [0.4, 0.5) is 11.4 Å². The van der Waals surface area contributed by atoms with Gasteiger partial charge in [-0.3, -0.25) is 14.9 Å². The molecule has 1 amide bonds. The molecular weight excluding hydrogens is 364 g/mol. The summed E-state index contributed by atoms with van der Waals surface area (Å²) in [5, 5.41) is 23.3. The SMILES string of the molecule is Cc1ccc(N2C(S)=C(C#N)C(=O)NC2c2ccc([N+](=O)[O-])cc2)c(C)c1. The molecular formula is C19H16N4O3S. The first kappa shape index (κ1) is 18.5. The number of benzene rings is 2. The number of anilines is 1. The number of hydrogen-bond acceptors (Lipinski definition) is 6. The number of nitro groups is 1. The van der Waals surface area contributed by atoms with Crippen LogP contribution in [0.2, 0.25) is 0 Å². The van der Waals surface area contributed by atoms with Crippen molar-refractivity contribution in [1.29, 1.82) is 5.26 Å². The summed E-state index contributed by atoms with van der Waals surface area (Å²) in [6.07, 6.45) is -0.649. The van der Waals surface area contributed by atoms with Crippen LogP contribution in [-0.4, -0.2) is 10.8 Å². The van der Waals surface area contributed by atoms with Crippen molar-refractivity contribution in [3.05, 3.63) is 79.9 Å². The lowest BCUT2D eigenvalue weighted by Gasteiger charge is -2.38. The Morgan fingerprint density at radius 2 is 1.89 bits per heavy atom. The highest BCUT2D eigenvalue weighted by Gasteiger charge is 2.34. The molecule has 0 bridgehead atoms. The van der Waals surface area contributed by atoms with Crippen molar-refractivity contribution in [3.8, 4) is 6.07 Å². The van der Waals surface area contributed by atoms with Gasteiger partial charge in [0.2, 0.25) is 0 Å². The lowest BCUT2D eigenvalue weighted by atomic mass is 10.0. The molecule has 0 radical (unpaired) electrons. The van der Waals surface area contributed by atoms with Crippen molar-refractivity contribution in [2.45, 2.75) is 20.0 Å². The minimum absolute atomic E-state index is 0.0432. The van der Waals surface area contributed by atoms with Crippen molar-refractivity contribution in [2.24, 2.45) is 0 Å². The molecule has 1 N–H and O–H groups in total. The van der Waals surface area contributed by atoms with Crippen LogP contribution in [0, 0.1) is 35.3 Å². The fourth-order valence-electron chi connectivity index (χ4n) is 3.05. The van der Waals surface area contributed by atoms with Crippen molar-refractivity contribution in [1.82, 2.24) is 5.32 Å². The molecule has 0 saturated heterocycles. The van der Waals surface area contributed by atoms with E-state index in [4.69, 9.17) is 0 Å². The van der Waals surface area contributed by atoms with E-state index in [0.29, 0.717) is 5.56 Å². The second-order valence-corrected chi connectivity index (χ2v) is 6.62. The molecule has 1 aliphatic rings. The molecule has 0 spiro atoms. The summed E-state index contributed by atoms with van der Waals surface area (Å²) in [4.78, 5) is 24.5. The number of non-ortho nitro benzene ring substituents is 1. The van der Waals surface area contributed by atoms with Gasteiger partial charge in [-0.1, -0.05) is 17.7 Å². The van der Waals surface area contributed by atoms with Crippen LogP contribution >= 0.6 is 12.6 Å². The van der Waals surface area contributed by atoms with Crippen molar-refractivity contribution in [3.63, 3.8) is 0 Å². The fourth-order valence-corrected chi connectivity index (χ4v) is 3.42. The maximum absolute atomic E-state index is 12.3. The number of nitrogens with one attached hydrogen (secondary N) is 1. The van der Waals surface area contributed by atoms with E-state index in [-0.39, 0.29) is 16.3 Å². The number of rotatable bonds is 3. The Labute approximate surface area is 161 Å². The summed E-state index contributed by atoms with van der Waals surface area (Å²) in [6.45, 7) is 3.90. The monoisotopic (exact) mass is 380 g/mol. The molecule has 7 nitrogen and oxygen atoms in total. The number of nitriles is 1. The predicted molar refractivity (Wildman–Crippen MR) is 104 cm³/mol. The zero-order chi connectivity index (χ0) is 19.7. The number of amides is 1. The fraction of sp³-hybridized carbons (Fsp3) is 0.158. The Morgan fingerprint density at radius 1 is 1.22 bits per heavy atom. The molecule has 27 heavy (non-hydrogen) atoms. The highest BCUT2D eigenvalue weighted by atomic mass is 32.1. The summed E-state index contributed by atoms with van der Waals surface area (Å²) >= 11 is 4.45. The van der Waals surface area contributed by atoms with Crippen molar-refractivity contribution < 1.29 is 9.72 Å². The smallest absolute Gasteiger partial charge is 0.269 e. The Balaban J connectivity index is 2.16. The number of nitro benzene ring substituents is 1. The van der Waals surface area contributed by atoms with Crippen molar-refractivity contribution in [2.75, 3.05) is 4.90 Å². The van der Waals surface area contributed by atoms with Gasteiger partial charge < -0.3 is 10.2 Å². The zero-order valence-electron chi connectivity index (χ0n) is 14.6. The second-order valence-electron chi connectivity index (χ2n) is 6.19. The van der Waals surface area contributed by atoms with Gasteiger partial charge in [-0.15, -0.1) is 12.6 Å². The first-order chi connectivity index (χ1) is 12.8. The van der Waals surface area contributed by atoms with E-state index in [0.717, 1.165) is 16.8 Å². The minimum Gasteiger partial charge on any atom is -0.327 e. The van der Waals surface area contributed by atoms with Gasteiger partial charge in [-0.25, -0.2) is 0 Å². The van der Waals surface area contributed by atoms with E-state index in [1.165, 1.54) is 12.1 Å². The van der Waals surface area contributed by atoms with Gasteiger partial charge in [-0.05, 0) is 43.2 Å². The number of aryl methyl sites for hydroxylation is 2. The average Bonchev–Trinajstić information content (AvgIpc) is 2.63. The van der Waals surface area contributed by atoms with Crippen LogP contribution in [-0.2, 0) is 4.79 Å². The zero-order valence-corrected chi connectivity index (χ0v) is 15.5. The normalized spacial score (nSPS) is 16.7. The van der Waals surface area contributed by atoms with Crippen LogP contribution in [0.15, 0.2) is 53.1 Å². The standard InChI is InChI=1S/C19H16N4O3S/c1-11-3-8-16(12(2)9-11)22-17(21-18(24)15(10-20)19(22)27)13-4-6-14(7-5-13)23(25)26/h3-9,17,27H,1-2H3,(H,21,24). The van der Waals surface area contributed by atoms with Gasteiger partial charge in [0.25, 0.3) is 11.6 Å². The van der Waals surface area contributed by atoms with Crippen LogP contribution in [0.1, 0.15) is 22.9 Å². The summed E-state index contributed by atoms with van der Waals surface area (Å²) in [5.74, 6) is -0.535. The topological polar surface area (TPSA) is 99.3 Å². The molecule has 2 aromatic rings. The molecule has 1 heterocycles. The quantitative estimate of drug-likeness (QED) is 0.482. The molecule has 0 saturated carbocycles. The van der Waals surface area contributed by atoms with E-state index in [9.17, 15) is 20.2 Å². The van der Waals surface area contributed by atoms with E-state index in [1.807, 2.05) is 38.1 Å². The van der Waals surface area contributed by atoms with Gasteiger partial charge in [-0.2, -0.15) is 5.26 Å². The third-order valence-electron chi connectivity index (χ3n) is 4.35. The lowest BCUT2D eigenvalue weighted by Crippen LogP contribution is -2.46. The maximum atomic E-state index is 12.3. The Kier molecular flexibility index (Phi) is 4.88. The molecule has 1 atom stereocenters. The molecule has 0 aliphatic carbocycles. The van der Waals surface area contributed by atoms with E-state index >= 15 is 0 Å². The third-order valence-corrected chi connectivity index (χ3v) is 4.79. The minimum atomic E-state index is -0.649. The maximum Gasteiger partial charge on any atom is 0.269 e. The largest absolute Gasteiger partial charge is 0.327 e. The molecule has 0 fully saturated rings. The summed E-state index contributed by atoms with van der Waals surface area (Å²) in [5.41, 5.74) is 3.31. The summed E-state index contributed by atoms with van der Waals surface area (Å²) in [7, 11) is 0. The van der Waals surface area contributed by atoms with E-state index in [1.54, 1.807) is 17.0 Å². The number of carbonyl (C=O) groups excluding carboxylic acids is 1. The Hall–Kier alpha value is -3.31. The number of hydrogen-bond donors (Lipinski definition) is 2. The van der Waals surface area contributed by atoms with Crippen LogP contribution in [0.5, 0.6) is 0 Å². The van der Waals surface area contributed by atoms with Gasteiger partial charge in [0, 0.05) is 17.8 Å². The molecule has 1 unspecified atom stereocenters. The second kappa shape index (κ2) is 7.13. The molecule has 1 aliphatic heterocycles. The predicted octanol–water partition coefficient (Wildman–Crippen LogP) is 3.51. The first-order valence-electron chi connectivity index (χ1n) is 8.08. The van der Waals surface area contributed by atoms with Crippen molar-refractivity contribution >= 4 is 29.9 Å². The van der Waals surface area contributed by atoms with Gasteiger partial charge >= 0.3 is 0 Å². The molecule has 8 heteroatoms. The van der Waals surface area contributed by atoms with Crippen LogP contribution < -0.4 is 10.2 Å². The lowest BCUT2D eigenvalue weighted by molar-refractivity contribution is -0.384. The van der Waals surface area contributed by atoms with Crippen LogP contribution in [0.3, 0.4) is 0 Å². The number of thiol groups is 1. The number of nitrogens with zero attached hydrogens (tertiary/aromatic N) is 3. The highest BCUT2D eigenvalue weighted by molar-refractivity contribution is 7.84.